The van der Waals surface area contributed by atoms with Gasteiger partial charge in [0.05, 0.1) is 36.9 Å². The molecule has 0 spiro atoms. The van der Waals surface area contributed by atoms with Gasteiger partial charge in [-0.25, -0.2) is 0 Å². The Kier molecular flexibility index (Phi) is 10.7. The van der Waals surface area contributed by atoms with Crippen molar-refractivity contribution in [3.8, 4) is 0 Å². The van der Waals surface area contributed by atoms with Gasteiger partial charge < -0.3 is 77.7 Å². The molecular formula is C23H46N6O9. The molecule has 3 heterocycles. The second kappa shape index (κ2) is 13.4. The molecule has 0 bridgehead atoms. The van der Waals surface area contributed by atoms with Crippen LogP contribution in [-0.4, -0.2) is 139 Å². The topological polar surface area (TPSA) is 255 Å². The number of fused-ring (bicyclic) bond motifs is 1. The third-order valence-electron chi connectivity index (χ3n) is 8.01. The molecule has 222 valence electrons. The van der Waals surface area contributed by atoms with E-state index in [1.807, 2.05) is 0 Å². The molecule has 0 amide bonds. The largest absolute Gasteiger partial charge is 0.394 e. The fourth-order valence-electron chi connectivity index (χ4n) is 5.86. The van der Waals surface area contributed by atoms with Gasteiger partial charge in [0.2, 0.25) is 0 Å². The van der Waals surface area contributed by atoms with Crippen LogP contribution in [0.5, 0.6) is 0 Å². The van der Waals surface area contributed by atoms with Crippen molar-refractivity contribution in [1.82, 2.24) is 10.6 Å². The predicted molar refractivity (Wildman–Crippen MR) is 133 cm³/mol. The average Bonchev–Trinajstić information content (AvgIpc) is 2.88. The van der Waals surface area contributed by atoms with Crippen LogP contribution < -0.4 is 33.6 Å². The Labute approximate surface area is 222 Å². The van der Waals surface area contributed by atoms with Crippen LogP contribution in [0.15, 0.2) is 0 Å². The van der Waals surface area contributed by atoms with Crippen LogP contribution in [0.25, 0.3) is 0 Å². The zero-order valence-corrected chi connectivity index (χ0v) is 21.7. The molecule has 0 aromatic carbocycles. The smallest absolute Gasteiger partial charge is 0.189 e. The summed E-state index contributed by atoms with van der Waals surface area (Å²) >= 11 is 0. The third-order valence-corrected chi connectivity index (χ3v) is 8.01. The van der Waals surface area contributed by atoms with Crippen LogP contribution in [0, 0.1) is 0 Å². The summed E-state index contributed by atoms with van der Waals surface area (Å²) in [7, 11) is 1.62. The van der Waals surface area contributed by atoms with Gasteiger partial charge in [-0.15, -0.1) is 0 Å². The molecule has 15 atom stereocenters. The van der Waals surface area contributed by atoms with Gasteiger partial charge >= 0.3 is 0 Å². The number of nitrogens with one attached hydrogen (secondary N) is 2. The van der Waals surface area contributed by atoms with Crippen molar-refractivity contribution in [3.63, 3.8) is 0 Å². The van der Waals surface area contributed by atoms with E-state index >= 15 is 0 Å². The Hall–Kier alpha value is -0.600. The highest BCUT2D eigenvalue weighted by Crippen LogP contribution is 2.35. The molecule has 15 nitrogen and oxygen atoms in total. The summed E-state index contributed by atoms with van der Waals surface area (Å²) in [5.74, 6) is 0. The van der Waals surface area contributed by atoms with Gasteiger partial charge in [-0.2, -0.15) is 0 Å². The van der Waals surface area contributed by atoms with E-state index < -0.39 is 80.2 Å². The summed E-state index contributed by atoms with van der Waals surface area (Å²) in [6.45, 7) is 0.226. The Morgan fingerprint density at radius 3 is 2.26 bits per heavy atom. The van der Waals surface area contributed by atoms with E-state index in [0.29, 0.717) is 32.4 Å². The Balaban J connectivity index is 1.40. The van der Waals surface area contributed by atoms with Crippen LogP contribution >= 0.6 is 0 Å². The lowest BCUT2D eigenvalue weighted by molar-refractivity contribution is -0.372. The minimum Gasteiger partial charge on any atom is -0.394 e. The minimum absolute atomic E-state index is 0.0468. The monoisotopic (exact) mass is 550 g/mol. The zero-order chi connectivity index (χ0) is 27.6. The van der Waals surface area contributed by atoms with E-state index in [4.69, 9.17) is 46.6 Å². The summed E-state index contributed by atoms with van der Waals surface area (Å²) in [4.78, 5) is 0. The van der Waals surface area contributed by atoms with Crippen LogP contribution in [0.4, 0.5) is 0 Å². The van der Waals surface area contributed by atoms with Gasteiger partial charge in [0.15, 0.2) is 18.9 Å². The van der Waals surface area contributed by atoms with Gasteiger partial charge in [-0.3, -0.25) is 0 Å². The standard InChI is InChI=1S/C23H46N6O9/c1-28-16-18(32)20-13(7-11(27)21(37-20)34-12-3-2-9(25)6-10(12)26)35-22(16)38-23-19(33)17(31)15(29-5-4-24)14(8-30)36-23/h9-23,28-33H,2-8,24-27H2,1H3/t9-,10?,11?,12-,13-,14?,15+,16?,17?,18?,19?,20?,21-,22?,23+/m0/s1. The van der Waals surface area contributed by atoms with E-state index in [2.05, 4.69) is 10.6 Å². The number of likely N-dealkylation sites (N-methyl/N-ethyl adjacent to an activating group) is 1. The van der Waals surface area contributed by atoms with E-state index in [1.54, 1.807) is 7.05 Å². The van der Waals surface area contributed by atoms with Gasteiger partial charge in [0.25, 0.3) is 0 Å². The number of ether oxygens (including phenoxy) is 5. The molecule has 3 aliphatic heterocycles. The molecule has 9 unspecified atom stereocenters. The fourth-order valence-corrected chi connectivity index (χ4v) is 5.86. The number of hydrogen-bond donors (Lipinski definition) is 10. The van der Waals surface area contributed by atoms with Crippen molar-refractivity contribution in [2.24, 2.45) is 22.9 Å². The Morgan fingerprint density at radius 1 is 0.842 bits per heavy atom. The SMILES string of the molecule is CNC1C(O[C@H]2OC(CO)[C@@H](NCCN)C(O)C2O)O[C@H]2CC(N)[C@@H](O[C@H]3CC[C@H](N)CC3N)OC2C1O. The molecule has 15 heteroatoms. The number of aliphatic hydroxyl groups is 4. The maximum atomic E-state index is 11.2. The van der Waals surface area contributed by atoms with Crippen LogP contribution in [0.2, 0.25) is 0 Å². The highest BCUT2D eigenvalue weighted by atomic mass is 16.8. The maximum Gasteiger partial charge on any atom is 0.189 e. The highest BCUT2D eigenvalue weighted by Gasteiger charge is 2.53. The fraction of sp³-hybridized carbons (Fsp3) is 1.00. The summed E-state index contributed by atoms with van der Waals surface area (Å²) in [5.41, 5.74) is 24.1. The van der Waals surface area contributed by atoms with E-state index in [1.165, 1.54) is 0 Å². The van der Waals surface area contributed by atoms with Crippen molar-refractivity contribution >= 4 is 0 Å². The molecule has 4 fully saturated rings. The minimum atomic E-state index is -1.46. The summed E-state index contributed by atoms with van der Waals surface area (Å²) in [6, 6.07) is -2.27. The van der Waals surface area contributed by atoms with Crippen molar-refractivity contribution in [1.29, 1.82) is 0 Å². The predicted octanol–water partition coefficient (Wildman–Crippen LogP) is -5.30. The van der Waals surface area contributed by atoms with Gasteiger partial charge in [-0.1, -0.05) is 0 Å². The summed E-state index contributed by atoms with van der Waals surface area (Å²) in [6.07, 6.45) is -7.13. The first kappa shape index (κ1) is 30.4. The van der Waals surface area contributed by atoms with Gasteiger partial charge in [-0.05, 0) is 32.7 Å². The summed E-state index contributed by atoms with van der Waals surface area (Å²) < 4.78 is 30.1. The number of hydrogen-bond acceptors (Lipinski definition) is 15. The third kappa shape index (κ3) is 6.48. The molecule has 1 saturated carbocycles. The first-order valence-electron chi connectivity index (χ1n) is 13.5. The van der Waals surface area contributed by atoms with E-state index in [0.717, 1.165) is 6.42 Å². The van der Waals surface area contributed by atoms with Crippen molar-refractivity contribution < 1.29 is 44.1 Å². The molecule has 4 aliphatic rings. The quantitative estimate of drug-likeness (QED) is 0.129. The van der Waals surface area contributed by atoms with Crippen LogP contribution in [0.3, 0.4) is 0 Å². The Morgan fingerprint density at radius 2 is 1.61 bits per heavy atom. The molecule has 3 saturated heterocycles. The van der Waals surface area contributed by atoms with Gasteiger partial charge in [0, 0.05) is 25.2 Å². The second-order valence-electron chi connectivity index (χ2n) is 10.7. The lowest BCUT2D eigenvalue weighted by Gasteiger charge is -2.51. The van der Waals surface area contributed by atoms with Crippen molar-refractivity contribution in [2.75, 3.05) is 26.7 Å². The van der Waals surface area contributed by atoms with E-state index in [-0.39, 0.29) is 18.2 Å². The maximum absolute atomic E-state index is 11.2. The molecule has 0 radical (unpaired) electrons. The molecule has 0 aromatic heterocycles. The van der Waals surface area contributed by atoms with E-state index in [9.17, 15) is 20.4 Å². The lowest BCUT2D eigenvalue weighted by atomic mass is 9.88. The second-order valence-corrected chi connectivity index (χ2v) is 10.7. The number of nitrogens with two attached hydrogens (primary N) is 4. The molecule has 4 rings (SSSR count). The molecule has 38 heavy (non-hydrogen) atoms. The highest BCUT2D eigenvalue weighted by molar-refractivity contribution is 5.00. The molecule has 0 aromatic rings. The summed E-state index contributed by atoms with van der Waals surface area (Å²) in [5, 5.41) is 48.3. The van der Waals surface area contributed by atoms with Crippen LogP contribution in [0.1, 0.15) is 25.7 Å². The molecule has 1 aliphatic carbocycles. The first-order valence-corrected chi connectivity index (χ1v) is 13.5. The van der Waals surface area contributed by atoms with Gasteiger partial charge in [0.1, 0.15) is 30.5 Å². The number of aliphatic hydroxyl groups excluding tert-OH is 4. The Bertz CT molecular complexity index is 741. The first-order chi connectivity index (χ1) is 18.2. The van der Waals surface area contributed by atoms with Crippen molar-refractivity contribution in [2.45, 2.75) is 117 Å². The van der Waals surface area contributed by atoms with Crippen molar-refractivity contribution in [3.05, 3.63) is 0 Å². The lowest BCUT2D eigenvalue weighted by Crippen LogP contribution is -2.70. The average molecular weight is 551 g/mol. The molecule has 14 N–H and O–H groups in total. The number of rotatable bonds is 9. The molecular weight excluding hydrogens is 504 g/mol. The zero-order valence-electron chi connectivity index (χ0n) is 21.7. The normalized spacial score (nSPS) is 50.0. The van der Waals surface area contributed by atoms with Crippen LogP contribution in [-0.2, 0) is 23.7 Å².